The van der Waals surface area contributed by atoms with E-state index in [1.54, 1.807) is 19.9 Å². The smallest absolute Gasteiger partial charge is 0.126 e. The normalized spacial score (nSPS) is 10.1. The summed E-state index contributed by atoms with van der Waals surface area (Å²) < 4.78 is 0. The van der Waals surface area contributed by atoms with E-state index in [0.29, 0.717) is 0 Å². The molecule has 0 aromatic carbocycles. The summed E-state index contributed by atoms with van der Waals surface area (Å²) in [6, 6.07) is 1.68. The Labute approximate surface area is 60.2 Å². The quantitative estimate of drug-likeness (QED) is 0.469. The zero-order valence-corrected chi connectivity index (χ0v) is 6.14. The molecule has 10 heavy (non-hydrogen) atoms. The Balaban J connectivity index is 4.04. The highest BCUT2D eigenvalue weighted by Crippen LogP contribution is 2.16. The van der Waals surface area contributed by atoms with Crippen molar-refractivity contribution in [2.75, 3.05) is 0 Å². The van der Waals surface area contributed by atoms with Gasteiger partial charge < -0.3 is 4.79 Å². The van der Waals surface area contributed by atoms with Gasteiger partial charge in [-0.1, -0.05) is 13.8 Å². The standard InChI is InChI=1S/C7H10N2O/c1-7(2,5-10)3-6(9)4-8/h5,9H,3H2,1-2H3. The molecule has 0 aliphatic heterocycles. The first kappa shape index (κ1) is 8.83. The van der Waals surface area contributed by atoms with Gasteiger partial charge in [-0.15, -0.1) is 0 Å². The van der Waals surface area contributed by atoms with Crippen LogP contribution in [0.4, 0.5) is 0 Å². The summed E-state index contributed by atoms with van der Waals surface area (Å²) in [6.07, 6.45) is 0.992. The van der Waals surface area contributed by atoms with Crippen molar-refractivity contribution in [3.63, 3.8) is 0 Å². The fraction of sp³-hybridized carbons (Fsp3) is 0.571. The topological polar surface area (TPSA) is 64.7 Å². The molecule has 0 saturated heterocycles. The molecule has 0 unspecified atom stereocenters. The molecular formula is C7H10N2O. The van der Waals surface area contributed by atoms with Crippen molar-refractivity contribution in [1.82, 2.24) is 0 Å². The number of nitrogens with zero attached hydrogens (tertiary/aromatic N) is 1. The van der Waals surface area contributed by atoms with Gasteiger partial charge >= 0.3 is 0 Å². The molecule has 0 amide bonds. The summed E-state index contributed by atoms with van der Waals surface area (Å²) in [5.41, 5.74) is -0.607. The number of nitrogens with one attached hydrogen (secondary N) is 1. The molecule has 0 saturated carbocycles. The molecule has 0 bridgehead atoms. The maximum atomic E-state index is 10.3. The average Bonchev–Trinajstić information content (AvgIpc) is 1.87. The maximum Gasteiger partial charge on any atom is 0.126 e. The summed E-state index contributed by atoms with van der Waals surface area (Å²) in [7, 11) is 0. The van der Waals surface area contributed by atoms with Crippen LogP contribution in [0.5, 0.6) is 0 Å². The molecule has 3 nitrogen and oxygen atoms in total. The fourth-order valence-electron chi connectivity index (χ4n) is 0.537. The van der Waals surface area contributed by atoms with E-state index in [-0.39, 0.29) is 12.1 Å². The molecule has 0 rings (SSSR count). The number of rotatable bonds is 3. The van der Waals surface area contributed by atoms with E-state index in [0.717, 1.165) is 6.29 Å². The predicted octanol–water partition coefficient (Wildman–Crippen LogP) is 1.14. The Bertz CT molecular complexity index is 188. The van der Waals surface area contributed by atoms with Gasteiger partial charge in [0.25, 0.3) is 0 Å². The molecule has 0 aromatic heterocycles. The first-order valence-electron chi connectivity index (χ1n) is 2.96. The van der Waals surface area contributed by atoms with Crippen LogP contribution in [-0.2, 0) is 4.79 Å². The van der Waals surface area contributed by atoms with E-state index in [2.05, 4.69) is 0 Å². The van der Waals surface area contributed by atoms with E-state index >= 15 is 0 Å². The van der Waals surface area contributed by atoms with E-state index in [9.17, 15) is 4.79 Å². The lowest BCUT2D eigenvalue weighted by Crippen LogP contribution is -2.16. The lowest BCUT2D eigenvalue weighted by atomic mass is 9.89. The summed E-state index contributed by atoms with van der Waals surface area (Å²) in [5.74, 6) is 0. The van der Waals surface area contributed by atoms with Crippen molar-refractivity contribution in [2.45, 2.75) is 20.3 Å². The Morgan fingerprint density at radius 2 is 2.30 bits per heavy atom. The first-order chi connectivity index (χ1) is 4.52. The molecule has 0 heterocycles. The Kier molecular flexibility index (Phi) is 2.75. The highest BCUT2D eigenvalue weighted by Gasteiger charge is 2.18. The van der Waals surface area contributed by atoms with Crippen LogP contribution in [0, 0.1) is 22.2 Å². The number of carbonyl (C=O) groups excluding carboxylic acids is 1. The van der Waals surface area contributed by atoms with Gasteiger partial charge in [-0.3, -0.25) is 5.41 Å². The second-order valence-corrected chi connectivity index (χ2v) is 2.87. The van der Waals surface area contributed by atoms with Gasteiger partial charge in [0.15, 0.2) is 0 Å². The highest BCUT2D eigenvalue weighted by atomic mass is 16.1. The summed E-state index contributed by atoms with van der Waals surface area (Å²) >= 11 is 0. The summed E-state index contributed by atoms with van der Waals surface area (Å²) in [4.78, 5) is 10.3. The number of aldehydes is 1. The summed E-state index contributed by atoms with van der Waals surface area (Å²) in [6.45, 7) is 3.40. The minimum Gasteiger partial charge on any atom is -0.303 e. The van der Waals surface area contributed by atoms with Crippen LogP contribution in [0.3, 0.4) is 0 Å². The van der Waals surface area contributed by atoms with Crippen LogP contribution < -0.4 is 0 Å². The van der Waals surface area contributed by atoms with Gasteiger partial charge in [-0.05, 0) is 0 Å². The van der Waals surface area contributed by atoms with Crippen molar-refractivity contribution >= 4 is 12.0 Å². The first-order valence-corrected chi connectivity index (χ1v) is 2.96. The van der Waals surface area contributed by atoms with Gasteiger partial charge in [-0.25, -0.2) is 0 Å². The maximum absolute atomic E-state index is 10.3. The van der Waals surface area contributed by atoms with Crippen LogP contribution in [-0.4, -0.2) is 12.0 Å². The van der Waals surface area contributed by atoms with Crippen LogP contribution >= 0.6 is 0 Å². The Hall–Kier alpha value is -1.17. The minimum atomic E-state index is -0.563. The second-order valence-electron chi connectivity index (χ2n) is 2.87. The monoisotopic (exact) mass is 138 g/mol. The molecular weight excluding hydrogens is 128 g/mol. The SMILES string of the molecule is CC(C)(C=O)CC(=N)C#N. The van der Waals surface area contributed by atoms with Gasteiger partial charge in [0.2, 0.25) is 0 Å². The summed E-state index contributed by atoms with van der Waals surface area (Å²) in [5, 5.41) is 15.2. The second kappa shape index (κ2) is 3.11. The third-order valence-corrected chi connectivity index (χ3v) is 1.09. The minimum absolute atomic E-state index is 0.0444. The molecule has 0 aromatic rings. The average molecular weight is 138 g/mol. The number of hydrogen-bond donors (Lipinski definition) is 1. The van der Waals surface area contributed by atoms with E-state index < -0.39 is 5.41 Å². The van der Waals surface area contributed by atoms with Crippen LogP contribution in [0.2, 0.25) is 0 Å². The van der Waals surface area contributed by atoms with Crippen molar-refractivity contribution < 1.29 is 4.79 Å². The third kappa shape index (κ3) is 2.98. The van der Waals surface area contributed by atoms with Crippen molar-refractivity contribution in [3.8, 4) is 6.07 Å². The Morgan fingerprint density at radius 3 is 2.60 bits per heavy atom. The fourth-order valence-corrected chi connectivity index (χ4v) is 0.537. The predicted molar refractivity (Wildman–Crippen MR) is 37.8 cm³/mol. The molecule has 0 aliphatic carbocycles. The lowest BCUT2D eigenvalue weighted by Gasteiger charge is -2.13. The number of nitriles is 1. The van der Waals surface area contributed by atoms with Crippen molar-refractivity contribution in [2.24, 2.45) is 5.41 Å². The number of hydrogen-bond acceptors (Lipinski definition) is 3. The molecule has 3 heteroatoms. The van der Waals surface area contributed by atoms with Gasteiger partial charge in [0.1, 0.15) is 18.1 Å². The molecule has 1 N–H and O–H groups in total. The molecule has 0 atom stereocenters. The largest absolute Gasteiger partial charge is 0.303 e. The third-order valence-electron chi connectivity index (χ3n) is 1.09. The molecule has 0 radical (unpaired) electrons. The van der Waals surface area contributed by atoms with E-state index in [1.165, 1.54) is 0 Å². The van der Waals surface area contributed by atoms with Crippen LogP contribution in [0.15, 0.2) is 0 Å². The van der Waals surface area contributed by atoms with Gasteiger partial charge in [0, 0.05) is 11.8 Å². The van der Waals surface area contributed by atoms with Gasteiger partial charge in [-0.2, -0.15) is 5.26 Å². The molecule has 0 spiro atoms. The van der Waals surface area contributed by atoms with Gasteiger partial charge in [0.05, 0.1) is 0 Å². The Morgan fingerprint density at radius 1 is 1.80 bits per heavy atom. The van der Waals surface area contributed by atoms with E-state index in [1.807, 2.05) is 0 Å². The zero-order valence-electron chi connectivity index (χ0n) is 6.14. The highest BCUT2D eigenvalue weighted by molar-refractivity contribution is 5.97. The van der Waals surface area contributed by atoms with Crippen molar-refractivity contribution in [3.05, 3.63) is 0 Å². The molecule has 0 aliphatic rings. The van der Waals surface area contributed by atoms with E-state index in [4.69, 9.17) is 10.7 Å². The number of carbonyl (C=O) groups is 1. The molecule has 0 fully saturated rings. The van der Waals surface area contributed by atoms with Crippen LogP contribution in [0.25, 0.3) is 0 Å². The van der Waals surface area contributed by atoms with Crippen LogP contribution in [0.1, 0.15) is 20.3 Å². The van der Waals surface area contributed by atoms with Crippen molar-refractivity contribution in [1.29, 1.82) is 10.7 Å². The zero-order chi connectivity index (χ0) is 8.20. The molecule has 54 valence electrons. The lowest BCUT2D eigenvalue weighted by molar-refractivity contribution is -0.114.